The van der Waals surface area contributed by atoms with Gasteiger partial charge in [-0.2, -0.15) is 0 Å². The predicted octanol–water partition coefficient (Wildman–Crippen LogP) is 2.28. The van der Waals surface area contributed by atoms with E-state index in [0.29, 0.717) is 11.4 Å². The highest BCUT2D eigenvalue weighted by Gasteiger charge is 2.21. The molecule has 0 saturated carbocycles. The molecule has 0 aliphatic carbocycles. The normalized spacial score (nSPS) is 11.3. The number of primary sulfonamides is 1. The van der Waals surface area contributed by atoms with E-state index in [4.69, 9.17) is 5.14 Å². The lowest BCUT2D eigenvalue weighted by Gasteiger charge is -2.20. The Balaban J connectivity index is 2.09. The number of nitrogens with two attached hydrogens (primary N) is 1. The Morgan fingerprint density at radius 2 is 2.00 bits per heavy atom. The number of aromatic nitrogens is 3. The highest BCUT2D eigenvalue weighted by Crippen LogP contribution is 2.33. The second-order valence-electron chi connectivity index (χ2n) is 5.82. The van der Waals surface area contributed by atoms with Crippen molar-refractivity contribution >= 4 is 44.0 Å². The highest BCUT2D eigenvalue weighted by atomic mass is 32.2. The van der Waals surface area contributed by atoms with Crippen LogP contribution in [0, 0.1) is 6.92 Å². The second-order valence-corrected chi connectivity index (χ2v) is 8.38. The second kappa shape index (κ2) is 7.62. The van der Waals surface area contributed by atoms with E-state index in [0.717, 1.165) is 15.7 Å². The third-order valence-corrected chi connectivity index (χ3v) is 5.91. The number of thiazole rings is 1. The van der Waals surface area contributed by atoms with Crippen LogP contribution in [0.5, 0.6) is 0 Å². The van der Waals surface area contributed by atoms with Crippen LogP contribution in [-0.4, -0.2) is 36.3 Å². The van der Waals surface area contributed by atoms with Crippen LogP contribution in [0.3, 0.4) is 0 Å². The summed E-state index contributed by atoms with van der Waals surface area (Å²) in [5, 5.41) is 8.94. The molecule has 3 rings (SSSR count). The summed E-state index contributed by atoms with van der Waals surface area (Å²) in [4.78, 5) is 27.4. The Morgan fingerprint density at radius 1 is 1.25 bits per heavy atom. The zero-order valence-corrected chi connectivity index (χ0v) is 17.0. The van der Waals surface area contributed by atoms with E-state index in [2.05, 4.69) is 20.3 Å². The fourth-order valence-corrected chi connectivity index (χ4v) is 4.00. The molecule has 146 valence electrons. The molecule has 0 unspecified atom stereocenters. The molecule has 11 heteroatoms. The van der Waals surface area contributed by atoms with Gasteiger partial charge in [-0.1, -0.05) is 17.4 Å². The minimum absolute atomic E-state index is 0.107. The first-order chi connectivity index (χ1) is 13.2. The molecular weight excluding hydrogens is 400 g/mol. The average molecular weight is 419 g/mol. The van der Waals surface area contributed by atoms with Crippen LogP contribution in [0.4, 0.5) is 16.8 Å². The topological polar surface area (TPSA) is 131 Å². The zero-order chi connectivity index (χ0) is 20.5. The van der Waals surface area contributed by atoms with Crippen molar-refractivity contribution in [1.82, 2.24) is 15.0 Å². The molecule has 0 saturated heterocycles. The van der Waals surface area contributed by atoms with Crippen molar-refractivity contribution in [2.24, 2.45) is 5.14 Å². The monoisotopic (exact) mass is 418 g/mol. The first-order valence-corrected chi connectivity index (χ1v) is 10.5. The molecule has 3 aromatic rings. The minimum Gasteiger partial charge on any atom is -0.365 e. The van der Waals surface area contributed by atoms with Crippen molar-refractivity contribution in [2.75, 3.05) is 17.3 Å². The summed E-state index contributed by atoms with van der Waals surface area (Å²) in [6, 6.07) is 7.48. The lowest BCUT2D eigenvalue weighted by molar-refractivity contribution is -0.115. The molecule has 0 radical (unpaired) electrons. The summed E-state index contributed by atoms with van der Waals surface area (Å²) in [5.41, 5.74) is 1.70. The fourth-order valence-electron chi connectivity index (χ4n) is 2.56. The summed E-state index contributed by atoms with van der Waals surface area (Å²) in [6.45, 7) is 3.21. The van der Waals surface area contributed by atoms with Crippen molar-refractivity contribution < 1.29 is 13.2 Å². The molecule has 1 amide bonds. The molecule has 0 atom stereocenters. The zero-order valence-electron chi connectivity index (χ0n) is 15.4. The number of amides is 1. The number of hydrogen-bond donors (Lipinski definition) is 2. The van der Waals surface area contributed by atoms with Crippen LogP contribution in [0.2, 0.25) is 0 Å². The predicted molar refractivity (Wildman–Crippen MR) is 108 cm³/mol. The molecule has 0 bridgehead atoms. The van der Waals surface area contributed by atoms with Crippen LogP contribution in [0.25, 0.3) is 10.6 Å². The molecule has 3 N–H and O–H groups in total. The van der Waals surface area contributed by atoms with Crippen molar-refractivity contribution in [3.05, 3.63) is 42.2 Å². The van der Waals surface area contributed by atoms with E-state index < -0.39 is 10.0 Å². The van der Waals surface area contributed by atoms with E-state index in [9.17, 15) is 13.2 Å². The van der Waals surface area contributed by atoms with Gasteiger partial charge in [0.1, 0.15) is 0 Å². The van der Waals surface area contributed by atoms with Gasteiger partial charge in [-0.25, -0.2) is 33.4 Å². The summed E-state index contributed by atoms with van der Waals surface area (Å²) in [6.07, 6.45) is 1.54. The van der Waals surface area contributed by atoms with E-state index in [1.807, 2.05) is 6.92 Å². The van der Waals surface area contributed by atoms with Gasteiger partial charge in [0.05, 0.1) is 26.8 Å². The first kappa shape index (κ1) is 19.9. The van der Waals surface area contributed by atoms with Gasteiger partial charge in [0.2, 0.25) is 21.9 Å². The minimum atomic E-state index is -3.92. The summed E-state index contributed by atoms with van der Waals surface area (Å²) >= 11 is 1.43. The maximum absolute atomic E-state index is 12.3. The fraction of sp³-hybridized carbons (Fsp3) is 0.176. The number of sulfonamides is 1. The maximum Gasteiger partial charge on any atom is 0.238 e. The number of hydrogen-bond acceptors (Lipinski definition) is 8. The van der Waals surface area contributed by atoms with Gasteiger partial charge < -0.3 is 5.32 Å². The van der Waals surface area contributed by atoms with E-state index in [1.165, 1.54) is 47.6 Å². The Hall–Kier alpha value is -2.89. The number of anilines is 3. The Morgan fingerprint density at radius 3 is 2.61 bits per heavy atom. The van der Waals surface area contributed by atoms with Gasteiger partial charge >= 0.3 is 0 Å². The van der Waals surface area contributed by atoms with Crippen molar-refractivity contribution in [3.63, 3.8) is 0 Å². The van der Waals surface area contributed by atoms with Crippen LogP contribution in [-0.2, 0) is 14.8 Å². The van der Waals surface area contributed by atoms with Crippen LogP contribution >= 0.6 is 11.3 Å². The van der Waals surface area contributed by atoms with Crippen LogP contribution in [0.1, 0.15) is 12.6 Å². The van der Waals surface area contributed by atoms with Crippen LogP contribution in [0.15, 0.2) is 41.4 Å². The lowest BCUT2D eigenvalue weighted by Crippen LogP contribution is -2.25. The molecule has 9 nitrogen and oxygen atoms in total. The van der Waals surface area contributed by atoms with E-state index in [1.54, 1.807) is 19.2 Å². The quantitative estimate of drug-likeness (QED) is 0.650. The number of aryl methyl sites for hydroxylation is 1. The molecule has 28 heavy (non-hydrogen) atoms. The summed E-state index contributed by atoms with van der Waals surface area (Å²) < 4.78 is 23.3. The van der Waals surface area contributed by atoms with Crippen molar-refractivity contribution in [3.8, 4) is 10.6 Å². The maximum atomic E-state index is 12.3. The van der Waals surface area contributed by atoms with Crippen molar-refractivity contribution in [1.29, 1.82) is 0 Å². The molecule has 0 aliphatic heterocycles. The number of benzene rings is 1. The number of carbonyl (C=O) groups excluding carboxylic acids is 1. The van der Waals surface area contributed by atoms with Gasteiger partial charge in [0.15, 0.2) is 5.13 Å². The first-order valence-electron chi connectivity index (χ1n) is 8.13. The Kier molecular flexibility index (Phi) is 5.40. The molecule has 2 aromatic heterocycles. The number of carbonyl (C=O) groups is 1. The Labute approximate surface area is 166 Å². The number of nitrogens with zero attached hydrogens (tertiary/aromatic N) is 4. The van der Waals surface area contributed by atoms with Gasteiger partial charge in [-0.15, -0.1) is 0 Å². The number of nitrogens with one attached hydrogen (secondary N) is 1. The lowest BCUT2D eigenvalue weighted by atomic mass is 10.2. The SMILES string of the molecule is CNc1nc(C)c(-c2ccnc(N(C(C)=O)c3cccc(S(N)(=O)=O)c3)n2)s1. The largest absolute Gasteiger partial charge is 0.365 e. The summed E-state index contributed by atoms with van der Waals surface area (Å²) in [5.74, 6) is -0.254. The van der Waals surface area contributed by atoms with Gasteiger partial charge in [-0.3, -0.25) is 4.79 Å². The van der Waals surface area contributed by atoms with Gasteiger partial charge in [-0.05, 0) is 31.2 Å². The molecule has 0 aliphatic rings. The van der Waals surface area contributed by atoms with Gasteiger partial charge in [0, 0.05) is 20.2 Å². The molecule has 1 aromatic carbocycles. The molecule has 0 fully saturated rings. The molecule has 0 spiro atoms. The average Bonchev–Trinajstić information content (AvgIpc) is 3.02. The smallest absolute Gasteiger partial charge is 0.238 e. The third-order valence-electron chi connectivity index (χ3n) is 3.81. The number of rotatable bonds is 5. The van der Waals surface area contributed by atoms with Crippen LogP contribution < -0.4 is 15.4 Å². The molecular formula is C17H18N6O3S2. The van der Waals surface area contributed by atoms with Gasteiger partial charge in [0.25, 0.3) is 0 Å². The standard InChI is InChI=1S/C17H18N6O3S2/c1-10-15(27-17(19-3)21-10)14-7-8-20-16(22-14)23(11(2)24)12-5-4-6-13(9-12)28(18,25)26/h4-9H,1-3H3,(H,19,21)(H2,18,25,26). The highest BCUT2D eigenvalue weighted by molar-refractivity contribution is 7.89. The van der Waals surface area contributed by atoms with E-state index in [-0.39, 0.29) is 16.8 Å². The third kappa shape index (κ3) is 4.01. The molecule has 2 heterocycles. The Bertz CT molecular complexity index is 1140. The van der Waals surface area contributed by atoms with E-state index >= 15 is 0 Å². The van der Waals surface area contributed by atoms with Crippen molar-refractivity contribution in [2.45, 2.75) is 18.7 Å². The summed E-state index contributed by atoms with van der Waals surface area (Å²) in [7, 11) is -2.13.